The van der Waals surface area contributed by atoms with Crippen LogP contribution in [0.25, 0.3) is 0 Å². The maximum absolute atomic E-state index is 12.1. The molecule has 0 spiro atoms. The highest BCUT2D eigenvalue weighted by molar-refractivity contribution is 5.82. The summed E-state index contributed by atoms with van der Waals surface area (Å²) < 4.78 is 1.84. The molecule has 0 bridgehead atoms. The van der Waals surface area contributed by atoms with Crippen molar-refractivity contribution in [1.82, 2.24) is 19.7 Å². The van der Waals surface area contributed by atoms with Gasteiger partial charge in [0.2, 0.25) is 0 Å². The highest BCUT2D eigenvalue weighted by atomic mass is 16.1. The monoisotopic (exact) mass is 279 g/mol. The lowest BCUT2D eigenvalue weighted by Gasteiger charge is -2.29. The Hall–Kier alpha value is -1.27. The van der Waals surface area contributed by atoms with Crippen molar-refractivity contribution in [2.75, 3.05) is 19.6 Å². The fraction of sp³-hybridized carbons (Fsp3) is 0.786. The minimum atomic E-state index is 0.207. The van der Waals surface area contributed by atoms with Crippen LogP contribution >= 0.6 is 0 Å². The summed E-state index contributed by atoms with van der Waals surface area (Å²) in [6, 6.07) is 0.301. The lowest BCUT2D eigenvalue weighted by molar-refractivity contribution is -0.120. The van der Waals surface area contributed by atoms with Gasteiger partial charge in [-0.1, -0.05) is 13.8 Å². The molecule has 0 saturated carbocycles. The Kier molecular flexibility index (Phi) is 5.25. The van der Waals surface area contributed by atoms with E-state index >= 15 is 0 Å². The van der Waals surface area contributed by atoms with Gasteiger partial charge in [-0.05, 0) is 18.8 Å². The summed E-state index contributed by atoms with van der Waals surface area (Å²) in [5, 5.41) is 4.19. The number of nitrogens with two attached hydrogens (primary N) is 1. The van der Waals surface area contributed by atoms with Crippen molar-refractivity contribution in [2.45, 2.75) is 45.7 Å². The van der Waals surface area contributed by atoms with Gasteiger partial charge in [0, 0.05) is 25.7 Å². The van der Waals surface area contributed by atoms with E-state index < -0.39 is 0 Å². The number of piperidine rings is 1. The molecule has 1 fully saturated rings. The first-order valence-corrected chi connectivity index (χ1v) is 7.41. The molecule has 0 radical (unpaired) electrons. The van der Waals surface area contributed by atoms with Crippen LogP contribution < -0.4 is 5.73 Å². The van der Waals surface area contributed by atoms with E-state index in [0.717, 1.165) is 38.3 Å². The third-order valence-electron chi connectivity index (χ3n) is 3.62. The summed E-state index contributed by atoms with van der Waals surface area (Å²) in [4.78, 5) is 18.5. The van der Waals surface area contributed by atoms with Gasteiger partial charge in [0.25, 0.3) is 0 Å². The molecule has 1 saturated heterocycles. The van der Waals surface area contributed by atoms with Crippen molar-refractivity contribution in [3.8, 4) is 0 Å². The first-order chi connectivity index (χ1) is 9.54. The Morgan fingerprint density at radius 2 is 2.15 bits per heavy atom. The number of hydrogen-bond donors (Lipinski definition) is 1. The van der Waals surface area contributed by atoms with E-state index in [1.54, 1.807) is 0 Å². The molecule has 1 aromatic heterocycles. The Labute approximate surface area is 120 Å². The summed E-state index contributed by atoms with van der Waals surface area (Å²) in [7, 11) is 0. The van der Waals surface area contributed by atoms with Gasteiger partial charge in [-0.15, -0.1) is 0 Å². The maximum Gasteiger partial charge on any atom is 0.154 e. The molecule has 0 unspecified atom stereocenters. The van der Waals surface area contributed by atoms with Crippen LogP contribution in [0.1, 0.15) is 32.5 Å². The number of carbonyl (C=O) groups is 1. The fourth-order valence-electron chi connectivity index (χ4n) is 2.52. The van der Waals surface area contributed by atoms with Crippen LogP contribution in [-0.4, -0.2) is 51.1 Å². The molecule has 1 aliphatic heterocycles. The summed E-state index contributed by atoms with van der Waals surface area (Å²) in [6.45, 7) is 7.41. The van der Waals surface area contributed by atoms with Crippen molar-refractivity contribution >= 4 is 5.78 Å². The van der Waals surface area contributed by atoms with Crippen LogP contribution in [0.2, 0.25) is 0 Å². The predicted molar refractivity (Wildman–Crippen MR) is 77.2 cm³/mol. The topological polar surface area (TPSA) is 77.0 Å². The second kappa shape index (κ2) is 6.95. The van der Waals surface area contributed by atoms with Crippen LogP contribution in [0, 0.1) is 5.92 Å². The first-order valence-electron chi connectivity index (χ1n) is 7.41. The maximum atomic E-state index is 12.1. The second-order valence-electron chi connectivity index (χ2n) is 6.08. The van der Waals surface area contributed by atoms with Crippen molar-refractivity contribution in [3.05, 3.63) is 12.2 Å². The predicted octanol–water partition coefficient (Wildman–Crippen LogP) is 0.469. The van der Waals surface area contributed by atoms with Crippen LogP contribution in [0.3, 0.4) is 0 Å². The number of carbonyl (C=O) groups excluding carboxylic acids is 1. The highest BCUT2D eigenvalue weighted by Gasteiger charge is 2.19. The molecule has 6 heteroatoms. The Morgan fingerprint density at radius 3 is 2.80 bits per heavy atom. The quantitative estimate of drug-likeness (QED) is 0.819. The van der Waals surface area contributed by atoms with Gasteiger partial charge in [-0.3, -0.25) is 9.69 Å². The third-order valence-corrected chi connectivity index (χ3v) is 3.62. The number of hydrogen-bond acceptors (Lipinski definition) is 5. The van der Waals surface area contributed by atoms with Crippen molar-refractivity contribution in [1.29, 1.82) is 0 Å². The van der Waals surface area contributed by atoms with Crippen LogP contribution in [0.5, 0.6) is 0 Å². The lowest BCUT2D eigenvalue weighted by atomic mass is 10.1. The zero-order valence-electron chi connectivity index (χ0n) is 12.5. The molecule has 2 rings (SSSR count). The second-order valence-corrected chi connectivity index (χ2v) is 6.08. The van der Waals surface area contributed by atoms with Gasteiger partial charge in [0.15, 0.2) is 5.78 Å². The van der Waals surface area contributed by atoms with E-state index in [0.29, 0.717) is 24.9 Å². The average molecular weight is 279 g/mol. The minimum Gasteiger partial charge on any atom is -0.328 e. The minimum absolute atomic E-state index is 0.207. The SMILES string of the molecule is CC(C)Cn1ncnc1CC(=O)CN1CCC(N)CC1. The van der Waals surface area contributed by atoms with Crippen LogP contribution in [0.15, 0.2) is 6.33 Å². The van der Waals surface area contributed by atoms with Gasteiger partial charge in [0.1, 0.15) is 12.2 Å². The zero-order chi connectivity index (χ0) is 14.5. The van der Waals surface area contributed by atoms with Crippen LogP contribution in [-0.2, 0) is 17.8 Å². The van der Waals surface area contributed by atoms with Crippen LogP contribution in [0.4, 0.5) is 0 Å². The molecule has 0 amide bonds. The Balaban J connectivity index is 1.84. The molecular formula is C14H25N5O. The van der Waals surface area contributed by atoms with Gasteiger partial charge >= 0.3 is 0 Å². The largest absolute Gasteiger partial charge is 0.328 e. The molecule has 0 aromatic carbocycles. The molecule has 1 aromatic rings. The first kappa shape index (κ1) is 15.1. The number of likely N-dealkylation sites (tertiary alicyclic amines) is 1. The van der Waals surface area contributed by atoms with E-state index in [9.17, 15) is 4.79 Å². The summed E-state index contributed by atoms with van der Waals surface area (Å²) in [5.74, 6) is 1.48. The zero-order valence-corrected chi connectivity index (χ0v) is 12.5. The molecule has 1 aliphatic rings. The molecule has 0 atom stereocenters. The summed E-state index contributed by atoms with van der Waals surface area (Å²) >= 11 is 0. The number of rotatable bonds is 6. The van der Waals surface area contributed by atoms with Gasteiger partial charge in [-0.25, -0.2) is 9.67 Å². The molecule has 2 N–H and O–H groups in total. The van der Waals surface area contributed by atoms with E-state index in [-0.39, 0.29) is 5.78 Å². The Bertz CT molecular complexity index is 435. The smallest absolute Gasteiger partial charge is 0.154 e. The van der Waals surface area contributed by atoms with E-state index in [2.05, 4.69) is 28.8 Å². The third kappa shape index (κ3) is 4.38. The van der Waals surface area contributed by atoms with Crippen molar-refractivity contribution < 1.29 is 4.79 Å². The number of Topliss-reactive ketones (excluding diaryl/α,β-unsaturated/α-hetero) is 1. The average Bonchev–Trinajstić information content (AvgIpc) is 2.78. The van der Waals surface area contributed by atoms with Crippen molar-refractivity contribution in [2.24, 2.45) is 11.7 Å². The standard InChI is InChI=1S/C14H25N5O/c1-11(2)8-19-14(16-10-17-19)7-13(20)9-18-5-3-12(15)4-6-18/h10-12H,3-9,15H2,1-2H3. The summed E-state index contributed by atoms with van der Waals surface area (Å²) in [6.07, 6.45) is 3.87. The van der Waals surface area contributed by atoms with Crippen molar-refractivity contribution in [3.63, 3.8) is 0 Å². The lowest BCUT2D eigenvalue weighted by Crippen LogP contribution is -2.42. The highest BCUT2D eigenvalue weighted by Crippen LogP contribution is 2.09. The number of aromatic nitrogens is 3. The van der Waals surface area contributed by atoms with E-state index in [1.807, 2.05) is 4.68 Å². The molecule has 0 aliphatic carbocycles. The molecule has 6 nitrogen and oxygen atoms in total. The van der Waals surface area contributed by atoms with E-state index in [4.69, 9.17) is 5.73 Å². The number of nitrogens with zero attached hydrogens (tertiary/aromatic N) is 4. The van der Waals surface area contributed by atoms with E-state index in [1.165, 1.54) is 6.33 Å². The molecule has 2 heterocycles. The fourth-order valence-corrected chi connectivity index (χ4v) is 2.52. The summed E-state index contributed by atoms with van der Waals surface area (Å²) in [5.41, 5.74) is 5.87. The number of ketones is 1. The Morgan fingerprint density at radius 1 is 1.45 bits per heavy atom. The van der Waals surface area contributed by atoms with Gasteiger partial charge < -0.3 is 5.73 Å². The molecule has 112 valence electrons. The molecular weight excluding hydrogens is 254 g/mol. The van der Waals surface area contributed by atoms with Gasteiger partial charge in [-0.2, -0.15) is 5.10 Å². The molecule has 20 heavy (non-hydrogen) atoms. The van der Waals surface area contributed by atoms with Gasteiger partial charge in [0.05, 0.1) is 13.0 Å². The normalized spacial score (nSPS) is 17.8.